The van der Waals surface area contributed by atoms with Crippen LogP contribution in [0.4, 0.5) is 5.69 Å². The number of amides is 1. The average Bonchev–Trinajstić information content (AvgIpc) is 2.83. The van der Waals surface area contributed by atoms with Gasteiger partial charge in [-0.05, 0) is 56.3 Å². The first-order valence-electron chi connectivity index (χ1n) is 7.61. The third-order valence-electron chi connectivity index (χ3n) is 3.54. The van der Waals surface area contributed by atoms with E-state index in [4.69, 9.17) is 9.15 Å². The second-order valence-electron chi connectivity index (χ2n) is 5.75. The monoisotopic (exact) mass is 326 g/mol. The number of fused-ring (bicyclic) bond motifs is 1. The second kappa shape index (κ2) is 6.23. The van der Waals surface area contributed by atoms with Gasteiger partial charge in [-0.25, -0.2) is 4.79 Å². The van der Waals surface area contributed by atoms with E-state index in [0.29, 0.717) is 22.4 Å². The average molecular weight is 326 g/mol. The molecule has 6 heteroatoms. The molecule has 1 N–H and O–H groups in total. The minimum absolute atomic E-state index is 0.0961. The van der Waals surface area contributed by atoms with E-state index in [-0.39, 0.29) is 12.0 Å². The lowest BCUT2D eigenvalue weighted by Crippen LogP contribution is -2.12. The predicted molar refractivity (Wildman–Crippen MR) is 91.6 cm³/mol. The van der Waals surface area contributed by atoms with Crippen LogP contribution in [-0.2, 0) is 7.05 Å². The summed E-state index contributed by atoms with van der Waals surface area (Å²) in [7, 11) is 1.60. The number of hydrogen-bond acceptors (Lipinski definition) is 4. The predicted octanol–water partition coefficient (Wildman–Crippen LogP) is 3.17. The van der Waals surface area contributed by atoms with Gasteiger partial charge < -0.3 is 14.5 Å². The second-order valence-corrected chi connectivity index (χ2v) is 5.75. The van der Waals surface area contributed by atoms with Crippen LogP contribution in [0.3, 0.4) is 0 Å². The van der Waals surface area contributed by atoms with E-state index < -0.39 is 5.76 Å². The van der Waals surface area contributed by atoms with Gasteiger partial charge >= 0.3 is 5.76 Å². The summed E-state index contributed by atoms with van der Waals surface area (Å²) in [6.45, 7) is 3.91. The molecular weight excluding hydrogens is 308 g/mol. The van der Waals surface area contributed by atoms with Crippen molar-refractivity contribution < 1.29 is 13.9 Å². The highest BCUT2D eigenvalue weighted by atomic mass is 16.5. The van der Waals surface area contributed by atoms with E-state index in [1.54, 1.807) is 49.5 Å². The minimum Gasteiger partial charge on any atom is -0.491 e. The summed E-state index contributed by atoms with van der Waals surface area (Å²) in [6, 6.07) is 12.0. The van der Waals surface area contributed by atoms with Gasteiger partial charge in [-0.15, -0.1) is 0 Å². The largest absolute Gasteiger partial charge is 0.491 e. The van der Waals surface area contributed by atoms with Crippen LogP contribution in [0.1, 0.15) is 24.2 Å². The van der Waals surface area contributed by atoms with Gasteiger partial charge in [-0.3, -0.25) is 9.36 Å². The van der Waals surface area contributed by atoms with Crippen LogP contribution in [-0.4, -0.2) is 16.6 Å². The lowest BCUT2D eigenvalue weighted by Gasteiger charge is -2.10. The van der Waals surface area contributed by atoms with Gasteiger partial charge in [0.15, 0.2) is 5.58 Å². The Bertz CT molecular complexity index is 936. The van der Waals surface area contributed by atoms with Crippen molar-refractivity contribution in [2.75, 3.05) is 5.32 Å². The Kier molecular flexibility index (Phi) is 4.12. The number of nitrogens with one attached hydrogen (secondary N) is 1. The van der Waals surface area contributed by atoms with Crippen LogP contribution in [0.2, 0.25) is 0 Å². The SMILES string of the molecule is CC(C)Oc1ccc(NC(=O)c2ccc3oc(=O)n(C)c3c2)cc1. The Morgan fingerprint density at radius 1 is 1.17 bits per heavy atom. The maximum absolute atomic E-state index is 12.4. The molecule has 124 valence electrons. The van der Waals surface area contributed by atoms with Crippen molar-refractivity contribution in [2.45, 2.75) is 20.0 Å². The third kappa shape index (κ3) is 3.17. The number of aryl methyl sites for hydroxylation is 1. The van der Waals surface area contributed by atoms with Crippen LogP contribution >= 0.6 is 0 Å². The van der Waals surface area contributed by atoms with Crippen LogP contribution in [0.15, 0.2) is 51.7 Å². The lowest BCUT2D eigenvalue weighted by atomic mass is 10.2. The van der Waals surface area contributed by atoms with Crippen molar-refractivity contribution in [3.05, 3.63) is 58.6 Å². The Morgan fingerprint density at radius 2 is 1.88 bits per heavy atom. The molecule has 0 spiro atoms. The Hall–Kier alpha value is -3.02. The molecule has 0 saturated heterocycles. The van der Waals surface area contributed by atoms with Crippen LogP contribution in [0, 0.1) is 0 Å². The maximum Gasteiger partial charge on any atom is 0.419 e. The third-order valence-corrected chi connectivity index (χ3v) is 3.54. The molecule has 0 aliphatic heterocycles. The summed E-state index contributed by atoms with van der Waals surface area (Å²) in [6.07, 6.45) is 0.0961. The number of benzene rings is 2. The molecule has 0 aliphatic rings. The normalized spacial score (nSPS) is 11.0. The van der Waals surface area contributed by atoms with Gasteiger partial charge in [0.1, 0.15) is 5.75 Å². The van der Waals surface area contributed by atoms with Gasteiger partial charge in [0.25, 0.3) is 5.91 Å². The highest BCUT2D eigenvalue weighted by molar-refractivity contribution is 6.05. The number of carbonyl (C=O) groups excluding carboxylic acids is 1. The molecule has 0 radical (unpaired) electrons. The molecule has 3 rings (SSSR count). The molecule has 3 aromatic rings. The number of nitrogens with zero attached hydrogens (tertiary/aromatic N) is 1. The zero-order valence-corrected chi connectivity index (χ0v) is 13.7. The quantitative estimate of drug-likeness (QED) is 0.799. The fraction of sp³-hybridized carbons (Fsp3) is 0.222. The zero-order valence-electron chi connectivity index (χ0n) is 13.7. The van der Waals surface area contributed by atoms with Gasteiger partial charge in [0, 0.05) is 18.3 Å². The topological polar surface area (TPSA) is 73.5 Å². The van der Waals surface area contributed by atoms with Crippen LogP contribution < -0.4 is 15.8 Å². The number of rotatable bonds is 4. The summed E-state index contributed by atoms with van der Waals surface area (Å²) in [5.41, 5.74) is 2.14. The van der Waals surface area contributed by atoms with Gasteiger partial charge in [0.2, 0.25) is 0 Å². The standard InChI is InChI=1S/C18H18N2O4/c1-11(2)23-14-7-5-13(6-8-14)19-17(21)12-4-9-16-15(10-12)20(3)18(22)24-16/h4-11H,1-3H3,(H,19,21). The first-order chi connectivity index (χ1) is 11.4. The maximum atomic E-state index is 12.4. The van der Waals surface area contributed by atoms with E-state index in [1.807, 2.05) is 13.8 Å². The molecule has 0 aliphatic carbocycles. The minimum atomic E-state index is -0.455. The van der Waals surface area contributed by atoms with E-state index in [9.17, 15) is 9.59 Å². The summed E-state index contributed by atoms with van der Waals surface area (Å²) < 4.78 is 12.0. The van der Waals surface area contributed by atoms with Gasteiger partial charge in [0.05, 0.1) is 11.6 Å². The summed E-state index contributed by atoms with van der Waals surface area (Å²) in [5.74, 6) is 0.0317. The molecule has 0 atom stereocenters. The molecule has 1 aromatic heterocycles. The molecule has 0 bridgehead atoms. The van der Waals surface area contributed by atoms with E-state index >= 15 is 0 Å². The fourth-order valence-corrected chi connectivity index (χ4v) is 2.36. The highest BCUT2D eigenvalue weighted by Crippen LogP contribution is 2.19. The summed E-state index contributed by atoms with van der Waals surface area (Å²) >= 11 is 0. The van der Waals surface area contributed by atoms with Crippen LogP contribution in [0.25, 0.3) is 11.1 Å². The first-order valence-corrected chi connectivity index (χ1v) is 7.61. The molecule has 1 heterocycles. The Morgan fingerprint density at radius 3 is 2.54 bits per heavy atom. The van der Waals surface area contributed by atoms with Crippen molar-refractivity contribution in [1.29, 1.82) is 0 Å². The molecule has 0 fully saturated rings. The van der Waals surface area contributed by atoms with Crippen molar-refractivity contribution in [2.24, 2.45) is 7.05 Å². The Balaban J connectivity index is 1.79. The van der Waals surface area contributed by atoms with E-state index in [1.165, 1.54) is 4.57 Å². The number of aromatic nitrogens is 1. The van der Waals surface area contributed by atoms with Crippen molar-refractivity contribution in [3.8, 4) is 5.75 Å². The fourth-order valence-electron chi connectivity index (χ4n) is 2.36. The van der Waals surface area contributed by atoms with E-state index in [0.717, 1.165) is 5.75 Å². The number of oxazole rings is 1. The molecule has 6 nitrogen and oxygen atoms in total. The molecule has 24 heavy (non-hydrogen) atoms. The number of hydrogen-bond donors (Lipinski definition) is 1. The smallest absolute Gasteiger partial charge is 0.419 e. The molecule has 1 amide bonds. The van der Waals surface area contributed by atoms with Crippen molar-refractivity contribution in [1.82, 2.24) is 4.57 Å². The lowest BCUT2D eigenvalue weighted by molar-refractivity contribution is 0.102. The first kappa shape index (κ1) is 15.9. The molecule has 2 aromatic carbocycles. The summed E-state index contributed by atoms with van der Waals surface area (Å²) in [4.78, 5) is 23.9. The number of anilines is 1. The summed E-state index contributed by atoms with van der Waals surface area (Å²) in [5, 5.41) is 2.82. The molecular formula is C18H18N2O4. The van der Waals surface area contributed by atoms with Crippen LogP contribution in [0.5, 0.6) is 5.75 Å². The Labute approximate surface area is 138 Å². The molecule has 0 unspecified atom stereocenters. The molecule has 0 saturated carbocycles. The van der Waals surface area contributed by atoms with Crippen molar-refractivity contribution in [3.63, 3.8) is 0 Å². The van der Waals surface area contributed by atoms with Gasteiger partial charge in [-0.1, -0.05) is 0 Å². The van der Waals surface area contributed by atoms with E-state index in [2.05, 4.69) is 5.32 Å². The highest BCUT2D eigenvalue weighted by Gasteiger charge is 2.11. The number of carbonyl (C=O) groups is 1. The number of ether oxygens (including phenoxy) is 1. The van der Waals surface area contributed by atoms with Crippen molar-refractivity contribution >= 4 is 22.7 Å². The van der Waals surface area contributed by atoms with Gasteiger partial charge in [-0.2, -0.15) is 0 Å². The zero-order chi connectivity index (χ0) is 17.3.